The molecule has 0 amide bonds. The number of hydrogen-bond acceptors (Lipinski definition) is 2. The molecule has 0 aliphatic heterocycles. The first-order valence-electron chi connectivity index (χ1n) is 6.67. The van der Waals surface area contributed by atoms with E-state index in [2.05, 4.69) is 0 Å². The summed E-state index contributed by atoms with van der Waals surface area (Å²) in [4.78, 5) is 0. The van der Waals surface area contributed by atoms with Crippen molar-refractivity contribution >= 4 is 0 Å². The number of benzene rings is 1. The molecule has 94 valence electrons. The molecule has 2 nitrogen and oxygen atoms in total. The highest BCUT2D eigenvalue weighted by molar-refractivity contribution is 5.40. The monoisotopic (exact) mass is 234 g/mol. The zero-order chi connectivity index (χ0) is 12.1. The SMILES string of the molecule is Cc1cccc(CO)c1OC1CCCCCC1. The molecule has 1 aliphatic carbocycles. The van der Waals surface area contributed by atoms with Crippen molar-refractivity contribution in [2.75, 3.05) is 0 Å². The number of para-hydroxylation sites is 1. The predicted octanol–water partition coefficient (Wildman–Crippen LogP) is 3.59. The highest BCUT2D eigenvalue weighted by Gasteiger charge is 2.16. The molecule has 0 bridgehead atoms. The van der Waals surface area contributed by atoms with Crippen LogP contribution in [0.25, 0.3) is 0 Å². The molecule has 0 unspecified atom stereocenters. The smallest absolute Gasteiger partial charge is 0.128 e. The second-order valence-electron chi connectivity index (χ2n) is 4.95. The number of hydrogen-bond donors (Lipinski definition) is 1. The minimum atomic E-state index is 0.0593. The first kappa shape index (κ1) is 12.4. The Morgan fingerprint density at radius 2 is 1.88 bits per heavy atom. The Hall–Kier alpha value is -1.02. The van der Waals surface area contributed by atoms with Crippen LogP contribution >= 0.6 is 0 Å². The molecule has 0 spiro atoms. The van der Waals surface area contributed by atoms with E-state index < -0.39 is 0 Å². The average Bonchev–Trinajstić information content (AvgIpc) is 2.60. The van der Waals surface area contributed by atoms with Crippen LogP contribution in [0.3, 0.4) is 0 Å². The van der Waals surface area contributed by atoms with Gasteiger partial charge in [-0.1, -0.05) is 31.0 Å². The standard InChI is InChI=1S/C15H22O2/c1-12-7-6-8-13(11-16)15(12)17-14-9-4-2-3-5-10-14/h6-8,14,16H,2-5,9-11H2,1H3. The normalized spacial score (nSPS) is 17.8. The first-order chi connectivity index (χ1) is 8.31. The van der Waals surface area contributed by atoms with Gasteiger partial charge in [-0.25, -0.2) is 0 Å². The van der Waals surface area contributed by atoms with Crippen molar-refractivity contribution in [3.63, 3.8) is 0 Å². The van der Waals surface area contributed by atoms with E-state index in [1.807, 2.05) is 25.1 Å². The Labute approximate surface area is 104 Å². The van der Waals surface area contributed by atoms with Gasteiger partial charge < -0.3 is 9.84 Å². The lowest BCUT2D eigenvalue weighted by Gasteiger charge is -2.20. The van der Waals surface area contributed by atoms with E-state index in [1.54, 1.807) is 0 Å². The molecule has 2 rings (SSSR count). The fourth-order valence-corrected chi connectivity index (χ4v) is 2.53. The number of aliphatic hydroxyl groups excluding tert-OH is 1. The molecule has 1 aromatic carbocycles. The maximum Gasteiger partial charge on any atom is 0.128 e. The molecule has 17 heavy (non-hydrogen) atoms. The fraction of sp³-hybridized carbons (Fsp3) is 0.600. The zero-order valence-corrected chi connectivity index (χ0v) is 10.6. The minimum Gasteiger partial charge on any atom is -0.490 e. The van der Waals surface area contributed by atoms with Crippen LogP contribution in [0.5, 0.6) is 5.75 Å². The molecule has 0 saturated heterocycles. The third kappa shape index (κ3) is 3.22. The quantitative estimate of drug-likeness (QED) is 0.810. The Kier molecular flexibility index (Phi) is 4.43. The largest absolute Gasteiger partial charge is 0.490 e. The molecule has 0 aromatic heterocycles. The summed E-state index contributed by atoms with van der Waals surface area (Å²) in [5, 5.41) is 9.35. The molecule has 1 aromatic rings. The summed E-state index contributed by atoms with van der Waals surface area (Å²) in [6.07, 6.45) is 7.85. The summed E-state index contributed by atoms with van der Waals surface area (Å²) in [7, 11) is 0. The van der Waals surface area contributed by atoms with Gasteiger partial charge >= 0.3 is 0 Å². The molecule has 0 radical (unpaired) electrons. The predicted molar refractivity (Wildman–Crippen MR) is 69.2 cm³/mol. The highest BCUT2D eigenvalue weighted by Crippen LogP contribution is 2.28. The zero-order valence-electron chi connectivity index (χ0n) is 10.6. The summed E-state index contributed by atoms with van der Waals surface area (Å²) < 4.78 is 6.13. The molecular formula is C15H22O2. The molecular weight excluding hydrogens is 212 g/mol. The molecule has 2 heteroatoms. The summed E-state index contributed by atoms with van der Waals surface area (Å²) in [5.74, 6) is 0.905. The lowest BCUT2D eigenvalue weighted by Crippen LogP contribution is -2.16. The van der Waals surface area contributed by atoms with E-state index in [9.17, 15) is 5.11 Å². The van der Waals surface area contributed by atoms with E-state index in [4.69, 9.17) is 4.74 Å². The first-order valence-corrected chi connectivity index (χ1v) is 6.67. The summed E-state index contributed by atoms with van der Waals surface area (Å²) in [5.41, 5.74) is 2.04. The Morgan fingerprint density at radius 1 is 1.18 bits per heavy atom. The van der Waals surface area contributed by atoms with Gasteiger partial charge in [0, 0.05) is 5.56 Å². The van der Waals surface area contributed by atoms with Crippen LogP contribution in [-0.4, -0.2) is 11.2 Å². The van der Waals surface area contributed by atoms with Gasteiger partial charge in [0.1, 0.15) is 5.75 Å². The van der Waals surface area contributed by atoms with Crippen LogP contribution in [0, 0.1) is 6.92 Å². The van der Waals surface area contributed by atoms with E-state index in [1.165, 1.54) is 25.7 Å². The number of aryl methyl sites for hydroxylation is 1. The van der Waals surface area contributed by atoms with Crippen LogP contribution in [0.15, 0.2) is 18.2 Å². The number of ether oxygens (including phenoxy) is 1. The van der Waals surface area contributed by atoms with Gasteiger partial charge in [-0.3, -0.25) is 0 Å². The lowest BCUT2D eigenvalue weighted by atomic mass is 10.1. The van der Waals surface area contributed by atoms with Gasteiger partial charge in [-0.05, 0) is 38.2 Å². The van der Waals surface area contributed by atoms with Crippen molar-refractivity contribution in [2.24, 2.45) is 0 Å². The van der Waals surface area contributed by atoms with Crippen LogP contribution < -0.4 is 4.74 Å². The summed E-state index contributed by atoms with van der Waals surface area (Å²) in [6, 6.07) is 5.96. The van der Waals surface area contributed by atoms with Crippen LogP contribution in [-0.2, 0) is 6.61 Å². The summed E-state index contributed by atoms with van der Waals surface area (Å²) >= 11 is 0. The Bertz CT molecular complexity index is 352. The van der Waals surface area contributed by atoms with Crippen LogP contribution in [0.1, 0.15) is 49.7 Å². The maximum absolute atomic E-state index is 9.35. The van der Waals surface area contributed by atoms with Crippen LogP contribution in [0.4, 0.5) is 0 Å². The Balaban J connectivity index is 2.11. The molecule has 1 saturated carbocycles. The van der Waals surface area contributed by atoms with Crippen molar-refractivity contribution in [2.45, 2.75) is 58.2 Å². The third-order valence-electron chi connectivity index (χ3n) is 3.55. The fourth-order valence-electron chi connectivity index (χ4n) is 2.53. The van der Waals surface area contributed by atoms with Gasteiger partial charge in [0.25, 0.3) is 0 Å². The molecule has 1 aliphatic rings. The van der Waals surface area contributed by atoms with Gasteiger partial charge in [0.2, 0.25) is 0 Å². The molecule has 0 atom stereocenters. The summed E-state index contributed by atoms with van der Waals surface area (Å²) in [6.45, 7) is 2.11. The minimum absolute atomic E-state index is 0.0593. The van der Waals surface area contributed by atoms with Gasteiger partial charge in [0.05, 0.1) is 12.7 Å². The van der Waals surface area contributed by atoms with Crippen molar-refractivity contribution in [3.8, 4) is 5.75 Å². The van der Waals surface area contributed by atoms with E-state index in [-0.39, 0.29) is 6.61 Å². The second kappa shape index (κ2) is 6.06. The molecule has 0 heterocycles. The Morgan fingerprint density at radius 3 is 2.53 bits per heavy atom. The highest BCUT2D eigenvalue weighted by atomic mass is 16.5. The van der Waals surface area contributed by atoms with E-state index >= 15 is 0 Å². The molecule has 1 fully saturated rings. The second-order valence-corrected chi connectivity index (χ2v) is 4.95. The van der Waals surface area contributed by atoms with Gasteiger partial charge in [0.15, 0.2) is 0 Å². The van der Waals surface area contributed by atoms with Gasteiger partial charge in [-0.15, -0.1) is 0 Å². The van der Waals surface area contributed by atoms with Crippen molar-refractivity contribution in [3.05, 3.63) is 29.3 Å². The lowest BCUT2D eigenvalue weighted by molar-refractivity contribution is 0.175. The number of rotatable bonds is 3. The van der Waals surface area contributed by atoms with E-state index in [0.29, 0.717) is 6.10 Å². The average molecular weight is 234 g/mol. The number of aliphatic hydroxyl groups is 1. The van der Waals surface area contributed by atoms with E-state index in [0.717, 1.165) is 29.7 Å². The van der Waals surface area contributed by atoms with Crippen LogP contribution in [0.2, 0.25) is 0 Å². The molecule has 1 N–H and O–H groups in total. The van der Waals surface area contributed by atoms with Crippen molar-refractivity contribution in [1.82, 2.24) is 0 Å². The maximum atomic E-state index is 9.35. The van der Waals surface area contributed by atoms with Crippen molar-refractivity contribution < 1.29 is 9.84 Å². The topological polar surface area (TPSA) is 29.5 Å². The van der Waals surface area contributed by atoms with Crippen molar-refractivity contribution in [1.29, 1.82) is 0 Å². The third-order valence-corrected chi connectivity index (χ3v) is 3.55. The van der Waals surface area contributed by atoms with Gasteiger partial charge in [-0.2, -0.15) is 0 Å².